The molecule has 3 heterocycles. The van der Waals surface area contributed by atoms with Gasteiger partial charge in [0.2, 0.25) is 0 Å². The van der Waals surface area contributed by atoms with Gasteiger partial charge in [-0.15, -0.1) is 0 Å². The van der Waals surface area contributed by atoms with Crippen LogP contribution in [0, 0.1) is 6.92 Å². The molecule has 3 aromatic rings. The average molecular weight is 393 g/mol. The number of nitrogens with one attached hydrogen (secondary N) is 2. The fraction of sp³-hybridized carbons (Fsp3) is 0.429. The number of rotatable bonds is 6. The third-order valence-corrected chi connectivity index (χ3v) is 5.68. The van der Waals surface area contributed by atoms with Crippen LogP contribution in [-0.4, -0.2) is 48.8 Å². The van der Waals surface area contributed by atoms with E-state index in [4.69, 9.17) is 0 Å². The molecule has 8 nitrogen and oxygen atoms in total. The maximum atomic E-state index is 13.0. The zero-order valence-corrected chi connectivity index (χ0v) is 16.7. The summed E-state index contributed by atoms with van der Waals surface area (Å²) in [5, 5.41) is 10.1. The third kappa shape index (κ3) is 4.64. The van der Waals surface area contributed by atoms with Crippen molar-refractivity contribution in [3.05, 3.63) is 66.3 Å². The SMILES string of the molecule is Cc1nccn1CC[C@@H](NC(=O)N1CCC(c2ncn[nH]2)CC1)c1ccccc1. The lowest BCUT2D eigenvalue weighted by atomic mass is 9.96. The average Bonchev–Trinajstić information content (AvgIpc) is 3.44. The van der Waals surface area contributed by atoms with Gasteiger partial charge in [0.15, 0.2) is 0 Å². The summed E-state index contributed by atoms with van der Waals surface area (Å²) in [6, 6.07) is 10.1. The van der Waals surface area contributed by atoms with Gasteiger partial charge >= 0.3 is 6.03 Å². The highest BCUT2D eigenvalue weighted by atomic mass is 16.2. The second-order valence-corrected chi connectivity index (χ2v) is 7.50. The van der Waals surface area contributed by atoms with Crippen LogP contribution in [0.4, 0.5) is 4.79 Å². The number of imidazole rings is 1. The highest BCUT2D eigenvalue weighted by Crippen LogP contribution is 2.26. The van der Waals surface area contributed by atoms with Gasteiger partial charge in [-0.2, -0.15) is 5.10 Å². The summed E-state index contributed by atoms with van der Waals surface area (Å²) in [4.78, 5) is 23.4. The topological polar surface area (TPSA) is 91.7 Å². The number of benzene rings is 1. The molecule has 2 amide bonds. The minimum Gasteiger partial charge on any atom is -0.335 e. The van der Waals surface area contributed by atoms with E-state index in [1.807, 2.05) is 42.4 Å². The summed E-state index contributed by atoms with van der Waals surface area (Å²) in [6.07, 6.45) is 7.93. The van der Waals surface area contributed by atoms with Crippen molar-refractivity contribution in [2.75, 3.05) is 13.1 Å². The molecule has 152 valence electrons. The fourth-order valence-electron chi connectivity index (χ4n) is 3.92. The fourth-order valence-corrected chi connectivity index (χ4v) is 3.92. The Morgan fingerprint density at radius 1 is 1.24 bits per heavy atom. The molecule has 1 aliphatic rings. The Morgan fingerprint density at radius 2 is 2.03 bits per heavy atom. The monoisotopic (exact) mass is 393 g/mol. The normalized spacial score (nSPS) is 16.0. The molecular weight excluding hydrogens is 366 g/mol. The van der Waals surface area contributed by atoms with E-state index < -0.39 is 0 Å². The predicted octanol–water partition coefficient (Wildman–Crippen LogP) is 3.03. The molecular formula is C21H27N7O. The Kier molecular flexibility index (Phi) is 5.88. The van der Waals surface area contributed by atoms with Crippen molar-refractivity contribution >= 4 is 6.03 Å². The van der Waals surface area contributed by atoms with Crippen molar-refractivity contribution < 1.29 is 4.79 Å². The van der Waals surface area contributed by atoms with Crippen LogP contribution in [-0.2, 0) is 6.54 Å². The van der Waals surface area contributed by atoms with Gasteiger partial charge in [-0.25, -0.2) is 14.8 Å². The van der Waals surface area contributed by atoms with E-state index in [1.54, 1.807) is 6.33 Å². The molecule has 1 fully saturated rings. The van der Waals surface area contributed by atoms with E-state index in [0.717, 1.165) is 56.1 Å². The van der Waals surface area contributed by atoms with Gasteiger partial charge in [-0.3, -0.25) is 5.10 Å². The number of nitrogens with zero attached hydrogens (tertiary/aromatic N) is 5. The van der Waals surface area contributed by atoms with Crippen LogP contribution in [0.1, 0.15) is 48.4 Å². The van der Waals surface area contributed by atoms with E-state index in [0.29, 0.717) is 5.92 Å². The quantitative estimate of drug-likeness (QED) is 0.673. The Labute approximate surface area is 170 Å². The molecule has 0 saturated carbocycles. The lowest BCUT2D eigenvalue weighted by molar-refractivity contribution is 0.175. The number of hydrogen-bond acceptors (Lipinski definition) is 4. The maximum absolute atomic E-state index is 13.0. The summed E-state index contributed by atoms with van der Waals surface area (Å²) >= 11 is 0. The third-order valence-electron chi connectivity index (χ3n) is 5.68. The van der Waals surface area contributed by atoms with Crippen LogP contribution < -0.4 is 5.32 Å². The minimum absolute atomic E-state index is 0.00257. The van der Waals surface area contributed by atoms with Crippen molar-refractivity contribution in [2.24, 2.45) is 0 Å². The molecule has 1 aliphatic heterocycles. The highest BCUT2D eigenvalue weighted by Gasteiger charge is 2.26. The second kappa shape index (κ2) is 8.89. The van der Waals surface area contributed by atoms with E-state index >= 15 is 0 Å². The first-order valence-electron chi connectivity index (χ1n) is 10.1. The van der Waals surface area contributed by atoms with Crippen molar-refractivity contribution in [3.8, 4) is 0 Å². The van der Waals surface area contributed by atoms with Gasteiger partial charge in [-0.1, -0.05) is 30.3 Å². The first-order valence-corrected chi connectivity index (χ1v) is 10.1. The molecule has 1 atom stereocenters. The molecule has 8 heteroatoms. The standard InChI is InChI=1S/C21H27N7O/c1-16-22-10-14-27(16)13-9-19(17-5-3-2-4-6-17)25-21(29)28-11-7-18(8-12-28)20-23-15-24-26-20/h2-6,10,14-15,18-19H,7-9,11-13H2,1H3,(H,25,29)(H,23,24,26)/t19-/m1/s1. The Hall–Kier alpha value is -3.16. The molecule has 0 bridgehead atoms. The van der Waals surface area contributed by atoms with E-state index in [9.17, 15) is 4.79 Å². The first-order chi connectivity index (χ1) is 14.2. The first kappa shape index (κ1) is 19.2. The Balaban J connectivity index is 1.38. The van der Waals surface area contributed by atoms with Crippen LogP contribution >= 0.6 is 0 Å². The largest absolute Gasteiger partial charge is 0.335 e. The number of piperidine rings is 1. The molecule has 0 radical (unpaired) electrons. The summed E-state index contributed by atoms with van der Waals surface area (Å²) in [5.74, 6) is 2.25. The van der Waals surface area contributed by atoms with Crippen molar-refractivity contribution in [3.63, 3.8) is 0 Å². The molecule has 1 aromatic carbocycles. The molecule has 1 saturated heterocycles. The number of carbonyl (C=O) groups is 1. The molecule has 29 heavy (non-hydrogen) atoms. The Morgan fingerprint density at radius 3 is 2.69 bits per heavy atom. The van der Waals surface area contributed by atoms with Crippen LogP contribution in [0.25, 0.3) is 0 Å². The van der Waals surface area contributed by atoms with Gasteiger partial charge in [0.1, 0.15) is 18.0 Å². The lowest BCUT2D eigenvalue weighted by Crippen LogP contribution is -2.45. The molecule has 0 spiro atoms. The number of aromatic amines is 1. The van der Waals surface area contributed by atoms with Crippen LogP contribution in [0.3, 0.4) is 0 Å². The summed E-state index contributed by atoms with van der Waals surface area (Å²) < 4.78 is 2.12. The molecule has 0 aliphatic carbocycles. The lowest BCUT2D eigenvalue weighted by Gasteiger charge is -2.32. The zero-order chi connectivity index (χ0) is 20.1. The minimum atomic E-state index is -0.0440. The van der Waals surface area contributed by atoms with Crippen molar-refractivity contribution in [1.82, 2.24) is 34.9 Å². The Bertz CT molecular complexity index is 898. The number of H-pyrrole nitrogens is 1. The van der Waals surface area contributed by atoms with Gasteiger partial charge < -0.3 is 14.8 Å². The number of aryl methyl sites for hydroxylation is 2. The summed E-state index contributed by atoms with van der Waals surface area (Å²) in [6.45, 7) is 4.24. The van der Waals surface area contributed by atoms with Gasteiger partial charge in [0.25, 0.3) is 0 Å². The molecule has 2 aromatic heterocycles. The highest BCUT2D eigenvalue weighted by molar-refractivity contribution is 5.74. The van der Waals surface area contributed by atoms with E-state index in [2.05, 4.69) is 42.2 Å². The van der Waals surface area contributed by atoms with Gasteiger partial charge in [-0.05, 0) is 31.7 Å². The summed E-state index contributed by atoms with van der Waals surface area (Å²) in [5.41, 5.74) is 1.12. The van der Waals surface area contributed by atoms with Gasteiger partial charge in [0, 0.05) is 37.9 Å². The number of carbonyl (C=O) groups excluding carboxylic acids is 1. The van der Waals surface area contributed by atoms with E-state index in [-0.39, 0.29) is 12.1 Å². The van der Waals surface area contributed by atoms with Crippen molar-refractivity contribution in [1.29, 1.82) is 0 Å². The summed E-state index contributed by atoms with van der Waals surface area (Å²) in [7, 11) is 0. The second-order valence-electron chi connectivity index (χ2n) is 7.50. The van der Waals surface area contributed by atoms with Crippen LogP contribution in [0.5, 0.6) is 0 Å². The van der Waals surface area contributed by atoms with E-state index in [1.165, 1.54) is 0 Å². The van der Waals surface area contributed by atoms with Gasteiger partial charge in [0.05, 0.1) is 6.04 Å². The smallest absolute Gasteiger partial charge is 0.317 e. The van der Waals surface area contributed by atoms with Crippen molar-refractivity contribution in [2.45, 2.75) is 44.7 Å². The number of aromatic nitrogens is 5. The number of hydrogen-bond donors (Lipinski definition) is 2. The predicted molar refractivity (Wildman–Crippen MR) is 109 cm³/mol. The number of amides is 2. The maximum Gasteiger partial charge on any atom is 0.317 e. The number of urea groups is 1. The zero-order valence-electron chi connectivity index (χ0n) is 16.7. The molecule has 4 rings (SSSR count). The molecule has 2 N–H and O–H groups in total. The number of likely N-dealkylation sites (tertiary alicyclic amines) is 1. The van der Waals surface area contributed by atoms with Crippen LogP contribution in [0.15, 0.2) is 49.1 Å². The van der Waals surface area contributed by atoms with Crippen LogP contribution in [0.2, 0.25) is 0 Å². The molecule has 0 unspecified atom stereocenters.